The van der Waals surface area contributed by atoms with Gasteiger partial charge in [0.15, 0.2) is 5.82 Å². The van der Waals surface area contributed by atoms with Gasteiger partial charge in [0.2, 0.25) is 5.91 Å². The first-order valence-electron chi connectivity index (χ1n) is 9.79. The maximum atomic E-state index is 12.7. The first kappa shape index (κ1) is 20.9. The maximum Gasteiger partial charge on any atom is 0.230 e. The summed E-state index contributed by atoms with van der Waals surface area (Å²) in [5.74, 6) is 0.262. The number of hydrogen-bond donors (Lipinski definition) is 2. The molecule has 0 aliphatic carbocycles. The standard InChI is InChI=1S/C25H20BrN3O2/c26-21-12-8-17(9-13-21)14-23(31)29-25-24(20-4-2-1-3-5-20)28-22(15-27-25)19-10-6-18(16-30)7-11-19/h1-13,15,30H,14,16H2,(H,27,29,31). The highest BCUT2D eigenvalue weighted by Gasteiger charge is 2.14. The zero-order chi connectivity index (χ0) is 21.6. The van der Waals surface area contributed by atoms with Crippen LogP contribution in [0, 0.1) is 0 Å². The number of aromatic nitrogens is 2. The molecule has 1 aromatic heterocycles. The van der Waals surface area contributed by atoms with Gasteiger partial charge in [0.05, 0.1) is 24.9 Å². The Bertz CT molecular complexity index is 1180. The van der Waals surface area contributed by atoms with Crippen LogP contribution >= 0.6 is 15.9 Å². The number of nitrogens with one attached hydrogen (secondary N) is 1. The Labute approximate surface area is 189 Å². The van der Waals surface area contributed by atoms with Crippen LogP contribution in [0.2, 0.25) is 0 Å². The quantitative estimate of drug-likeness (QED) is 0.401. The molecule has 0 aliphatic rings. The van der Waals surface area contributed by atoms with E-state index >= 15 is 0 Å². The largest absolute Gasteiger partial charge is 0.392 e. The number of carbonyl (C=O) groups excluding carboxylic acids is 1. The predicted octanol–water partition coefficient (Wildman–Crippen LogP) is 5.25. The van der Waals surface area contributed by atoms with Crippen molar-refractivity contribution in [1.82, 2.24) is 9.97 Å². The lowest BCUT2D eigenvalue weighted by Crippen LogP contribution is -2.16. The summed E-state index contributed by atoms with van der Waals surface area (Å²) in [5.41, 5.74) is 4.78. The molecule has 0 bridgehead atoms. The van der Waals surface area contributed by atoms with E-state index in [4.69, 9.17) is 4.98 Å². The summed E-state index contributed by atoms with van der Waals surface area (Å²) in [5, 5.41) is 12.2. The van der Waals surface area contributed by atoms with Crippen LogP contribution in [0.1, 0.15) is 11.1 Å². The van der Waals surface area contributed by atoms with Crippen molar-refractivity contribution >= 4 is 27.7 Å². The summed E-state index contributed by atoms with van der Waals surface area (Å²) in [7, 11) is 0. The fourth-order valence-corrected chi connectivity index (χ4v) is 3.43. The highest BCUT2D eigenvalue weighted by Crippen LogP contribution is 2.28. The zero-order valence-electron chi connectivity index (χ0n) is 16.6. The minimum atomic E-state index is -0.158. The monoisotopic (exact) mass is 473 g/mol. The average Bonchev–Trinajstić information content (AvgIpc) is 2.81. The topological polar surface area (TPSA) is 75.1 Å². The molecule has 0 saturated heterocycles. The second-order valence-corrected chi connectivity index (χ2v) is 7.94. The van der Waals surface area contributed by atoms with Crippen molar-refractivity contribution in [2.45, 2.75) is 13.0 Å². The highest BCUT2D eigenvalue weighted by atomic mass is 79.9. The van der Waals surface area contributed by atoms with Gasteiger partial charge >= 0.3 is 0 Å². The summed E-state index contributed by atoms with van der Waals surface area (Å²) in [4.78, 5) is 22.0. The Hall–Kier alpha value is -3.35. The number of benzene rings is 3. The van der Waals surface area contributed by atoms with E-state index in [-0.39, 0.29) is 18.9 Å². The minimum Gasteiger partial charge on any atom is -0.392 e. The van der Waals surface area contributed by atoms with Gasteiger partial charge in [0.1, 0.15) is 5.69 Å². The minimum absolute atomic E-state index is 0.00936. The van der Waals surface area contributed by atoms with E-state index in [1.165, 1.54) is 0 Å². The van der Waals surface area contributed by atoms with Gasteiger partial charge in [-0.3, -0.25) is 4.79 Å². The number of amides is 1. The summed E-state index contributed by atoms with van der Waals surface area (Å²) in [6.07, 6.45) is 1.89. The van der Waals surface area contributed by atoms with Gasteiger partial charge in [-0.25, -0.2) is 9.97 Å². The SMILES string of the molecule is O=C(Cc1ccc(Br)cc1)Nc1ncc(-c2ccc(CO)cc2)nc1-c1ccccc1. The molecule has 2 N–H and O–H groups in total. The molecule has 3 aromatic carbocycles. The Morgan fingerprint density at radius 3 is 2.23 bits per heavy atom. The number of rotatable bonds is 6. The van der Waals surface area contributed by atoms with Crippen LogP contribution in [0.3, 0.4) is 0 Å². The Morgan fingerprint density at radius 2 is 1.55 bits per heavy atom. The Morgan fingerprint density at radius 1 is 0.871 bits per heavy atom. The van der Waals surface area contributed by atoms with Crippen LogP contribution in [-0.2, 0) is 17.8 Å². The second-order valence-electron chi connectivity index (χ2n) is 7.02. The number of aliphatic hydroxyl groups excluding tert-OH is 1. The van der Waals surface area contributed by atoms with Crippen molar-refractivity contribution in [3.05, 3.63) is 101 Å². The van der Waals surface area contributed by atoms with Crippen LogP contribution in [0.15, 0.2) is 89.5 Å². The fourth-order valence-electron chi connectivity index (χ4n) is 3.16. The number of halogens is 1. The Balaban J connectivity index is 1.64. The summed E-state index contributed by atoms with van der Waals surface area (Å²) in [6, 6.07) is 24.8. The van der Waals surface area contributed by atoms with Crippen molar-refractivity contribution < 1.29 is 9.90 Å². The molecule has 5 nitrogen and oxygen atoms in total. The fraction of sp³-hybridized carbons (Fsp3) is 0.0800. The molecule has 1 heterocycles. The number of carbonyl (C=O) groups is 1. The Kier molecular flexibility index (Phi) is 6.50. The molecule has 0 aliphatic heterocycles. The third-order valence-electron chi connectivity index (χ3n) is 4.79. The van der Waals surface area contributed by atoms with Crippen molar-refractivity contribution in [3.63, 3.8) is 0 Å². The van der Waals surface area contributed by atoms with Crippen molar-refractivity contribution in [2.75, 3.05) is 5.32 Å². The number of nitrogens with zero attached hydrogens (tertiary/aromatic N) is 2. The van der Waals surface area contributed by atoms with Crippen molar-refractivity contribution in [1.29, 1.82) is 0 Å². The van der Waals surface area contributed by atoms with Gasteiger partial charge in [0, 0.05) is 15.6 Å². The van der Waals surface area contributed by atoms with Gasteiger partial charge in [-0.2, -0.15) is 0 Å². The third-order valence-corrected chi connectivity index (χ3v) is 5.32. The summed E-state index contributed by atoms with van der Waals surface area (Å²) in [6.45, 7) is -0.00936. The van der Waals surface area contributed by atoms with E-state index < -0.39 is 0 Å². The van der Waals surface area contributed by atoms with E-state index in [2.05, 4.69) is 26.2 Å². The van der Waals surface area contributed by atoms with Gasteiger partial charge < -0.3 is 10.4 Å². The highest BCUT2D eigenvalue weighted by molar-refractivity contribution is 9.10. The van der Waals surface area contributed by atoms with Crippen LogP contribution in [0.25, 0.3) is 22.5 Å². The average molecular weight is 474 g/mol. The molecule has 0 unspecified atom stereocenters. The van der Waals surface area contributed by atoms with E-state index in [1.54, 1.807) is 6.20 Å². The summed E-state index contributed by atoms with van der Waals surface area (Å²) < 4.78 is 0.969. The van der Waals surface area contributed by atoms with Crippen molar-refractivity contribution in [2.24, 2.45) is 0 Å². The number of hydrogen-bond acceptors (Lipinski definition) is 4. The first-order chi connectivity index (χ1) is 15.1. The van der Waals surface area contributed by atoms with E-state index in [1.807, 2.05) is 78.9 Å². The third kappa shape index (κ3) is 5.23. The van der Waals surface area contributed by atoms with Crippen LogP contribution in [0.4, 0.5) is 5.82 Å². The molecule has 31 heavy (non-hydrogen) atoms. The molecule has 154 valence electrons. The molecule has 0 fully saturated rings. The summed E-state index contributed by atoms with van der Waals surface area (Å²) >= 11 is 3.40. The molecule has 4 aromatic rings. The maximum absolute atomic E-state index is 12.7. The van der Waals surface area contributed by atoms with E-state index in [0.717, 1.165) is 26.7 Å². The first-order valence-corrected chi connectivity index (χ1v) is 10.6. The number of anilines is 1. The van der Waals surface area contributed by atoms with Crippen LogP contribution in [-0.4, -0.2) is 21.0 Å². The van der Waals surface area contributed by atoms with Gasteiger partial charge in [-0.1, -0.05) is 82.7 Å². The molecular formula is C25H20BrN3O2. The van der Waals surface area contributed by atoms with Gasteiger partial charge in [0.25, 0.3) is 0 Å². The van der Waals surface area contributed by atoms with Crippen LogP contribution in [0.5, 0.6) is 0 Å². The molecule has 4 rings (SSSR count). The lowest BCUT2D eigenvalue weighted by molar-refractivity contribution is -0.115. The van der Waals surface area contributed by atoms with Crippen LogP contribution < -0.4 is 5.32 Å². The molecule has 0 radical (unpaired) electrons. The van der Waals surface area contributed by atoms with E-state index in [9.17, 15) is 9.90 Å². The second kappa shape index (κ2) is 9.64. The lowest BCUT2D eigenvalue weighted by Gasteiger charge is -2.12. The normalized spacial score (nSPS) is 10.6. The smallest absolute Gasteiger partial charge is 0.230 e. The molecular weight excluding hydrogens is 454 g/mol. The van der Waals surface area contributed by atoms with Gasteiger partial charge in [-0.15, -0.1) is 0 Å². The zero-order valence-corrected chi connectivity index (χ0v) is 18.2. The molecule has 0 saturated carbocycles. The molecule has 6 heteroatoms. The van der Waals surface area contributed by atoms with Crippen molar-refractivity contribution in [3.8, 4) is 22.5 Å². The van der Waals surface area contributed by atoms with Gasteiger partial charge in [-0.05, 0) is 23.3 Å². The van der Waals surface area contributed by atoms with E-state index in [0.29, 0.717) is 17.2 Å². The molecule has 0 spiro atoms. The number of aliphatic hydroxyl groups is 1. The lowest BCUT2D eigenvalue weighted by atomic mass is 10.1. The predicted molar refractivity (Wildman–Crippen MR) is 125 cm³/mol. The molecule has 0 atom stereocenters. The molecule has 1 amide bonds.